The van der Waals surface area contributed by atoms with Crippen LogP contribution in [0.5, 0.6) is 0 Å². The number of para-hydroxylation sites is 1. The normalized spacial score (nSPS) is 11.0. The first kappa shape index (κ1) is 19.7. The van der Waals surface area contributed by atoms with Gasteiger partial charge in [0.05, 0.1) is 11.9 Å². The van der Waals surface area contributed by atoms with Crippen LogP contribution in [0.3, 0.4) is 0 Å². The first-order chi connectivity index (χ1) is 12.3. The largest absolute Gasteiger partial charge is 0.333 e. The molecule has 0 saturated carbocycles. The fourth-order valence-electron chi connectivity index (χ4n) is 2.66. The van der Waals surface area contributed by atoms with Gasteiger partial charge in [0.25, 0.3) is 0 Å². The summed E-state index contributed by atoms with van der Waals surface area (Å²) in [6.07, 6.45) is 2.75. The first-order valence-corrected chi connectivity index (χ1v) is 10.1. The van der Waals surface area contributed by atoms with E-state index in [9.17, 15) is 13.2 Å². The van der Waals surface area contributed by atoms with E-state index in [0.29, 0.717) is 18.8 Å². The number of hydrogen-bond donors (Lipinski definition) is 0. The van der Waals surface area contributed by atoms with Crippen molar-refractivity contribution in [2.45, 2.75) is 13.5 Å². The molecular weight excluding hydrogens is 348 g/mol. The molecule has 0 unspecified atom stereocenters. The Hall–Kier alpha value is -2.60. The van der Waals surface area contributed by atoms with Gasteiger partial charge in [0.1, 0.15) is 6.54 Å². The third-order valence-electron chi connectivity index (χ3n) is 3.98. The Kier molecular flexibility index (Phi) is 6.58. The molecular formula is C20H24N2O3S. The van der Waals surface area contributed by atoms with Crippen molar-refractivity contribution in [3.8, 4) is 0 Å². The van der Waals surface area contributed by atoms with E-state index in [1.807, 2.05) is 49.4 Å². The molecule has 138 valence electrons. The van der Waals surface area contributed by atoms with Gasteiger partial charge < -0.3 is 4.90 Å². The topological polar surface area (TPSA) is 57.7 Å². The summed E-state index contributed by atoms with van der Waals surface area (Å²) in [6, 6.07) is 16.7. The summed E-state index contributed by atoms with van der Waals surface area (Å²) < 4.78 is 25.7. The Morgan fingerprint density at radius 1 is 1.08 bits per heavy atom. The number of benzene rings is 2. The van der Waals surface area contributed by atoms with Gasteiger partial charge in [0.2, 0.25) is 15.9 Å². The SMILES string of the molecule is C=CCN(Cc1ccccc1)C(=O)CN(c1ccccc1C)S(C)(=O)=O. The number of sulfonamides is 1. The maximum atomic E-state index is 12.9. The molecule has 0 saturated heterocycles. The summed E-state index contributed by atoms with van der Waals surface area (Å²) >= 11 is 0. The van der Waals surface area contributed by atoms with Crippen molar-refractivity contribution in [2.75, 3.05) is 23.7 Å². The van der Waals surface area contributed by atoms with Crippen LogP contribution in [0.15, 0.2) is 67.3 Å². The van der Waals surface area contributed by atoms with Crippen molar-refractivity contribution in [1.29, 1.82) is 0 Å². The molecule has 2 aromatic carbocycles. The van der Waals surface area contributed by atoms with E-state index in [0.717, 1.165) is 21.7 Å². The third-order valence-corrected chi connectivity index (χ3v) is 5.11. The number of amides is 1. The highest BCUT2D eigenvalue weighted by molar-refractivity contribution is 7.92. The zero-order chi connectivity index (χ0) is 19.2. The van der Waals surface area contributed by atoms with E-state index in [1.165, 1.54) is 0 Å². The second kappa shape index (κ2) is 8.67. The Labute approximate surface area is 155 Å². The van der Waals surface area contributed by atoms with Crippen LogP contribution in [0.2, 0.25) is 0 Å². The Balaban J connectivity index is 2.26. The minimum Gasteiger partial charge on any atom is -0.333 e. The quantitative estimate of drug-likeness (QED) is 0.670. The van der Waals surface area contributed by atoms with Gasteiger partial charge in [-0.3, -0.25) is 9.10 Å². The lowest BCUT2D eigenvalue weighted by Crippen LogP contribution is -2.42. The van der Waals surface area contributed by atoms with Gasteiger partial charge in [-0.1, -0.05) is 54.6 Å². The van der Waals surface area contributed by atoms with Gasteiger partial charge >= 0.3 is 0 Å². The Morgan fingerprint density at radius 3 is 2.27 bits per heavy atom. The van der Waals surface area contributed by atoms with Crippen LogP contribution in [-0.4, -0.2) is 38.6 Å². The van der Waals surface area contributed by atoms with Gasteiger partial charge in [-0.15, -0.1) is 6.58 Å². The standard InChI is InChI=1S/C20H24N2O3S/c1-4-14-21(15-18-11-6-5-7-12-18)20(23)16-22(26(3,24)25)19-13-9-8-10-17(19)2/h4-13H,1,14-16H2,2-3H3. The number of aryl methyl sites for hydroxylation is 1. The molecule has 0 atom stereocenters. The van der Waals surface area contributed by atoms with E-state index in [2.05, 4.69) is 6.58 Å². The summed E-state index contributed by atoms with van der Waals surface area (Å²) in [4.78, 5) is 14.4. The van der Waals surface area contributed by atoms with Gasteiger partial charge in [0, 0.05) is 13.1 Å². The molecule has 2 rings (SSSR count). The molecule has 6 heteroatoms. The summed E-state index contributed by atoms with van der Waals surface area (Å²) in [7, 11) is -3.60. The number of carbonyl (C=O) groups is 1. The van der Waals surface area contributed by atoms with Gasteiger partial charge in [-0.2, -0.15) is 0 Å². The van der Waals surface area contributed by atoms with Crippen molar-refractivity contribution in [3.05, 3.63) is 78.4 Å². The Morgan fingerprint density at radius 2 is 1.69 bits per heavy atom. The van der Waals surface area contributed by atoms with Crippen LogP contribution in [-0.2, 0) is 21.4 Å². The maximum absolute atomic E-state index is 12.9. The number of carbonyl (C=O) groups excluding carboxylic acids is 1. The predicted octanol–water partition coefficient (Wildman–Crippen LogP) is 2.98. The van der Waals surface area contributed by atoms with E-state index in [1.54, 1.807) is 23.1 Å². The molecule has 0 spiro atoms. The molecule has 0 aliphatic rings. The lowest BCUT2D eigenvalue weighted by molar-refractivity contribution is -0.129. The molecule has 0 heterocycles. The second-order valence-electron chi connectivity index (χ2n) is 6.10. The fraction of sp³-hybridized carbons (Fsp3) is 0.250. The molecule has 0 bridgehead atoms. The minimum absolute atomic E-state index is 0.246. The van der Waals surface area contributed by atoms with Crippen molar-refractivity contribution in [2.24, 2.45) is 0 Å². The minimum atomic E-state index is -3.60. The summed E-state index contributed by atoms with van der Waals surface area (Å²) in [5.41, 5.74) is 2.29. The van der Waals surface area contributed by atoms with E-state index < -0.39 is 10.0 Å². The Bertz CT molecular complexity index is 864. The van der Waals surface area contributed by atoms with E-state index in [4.69, 9.17) is 0 Å². The van der Waals surface area contributed by atoms with Crippen LogP contribution in [0.25, 0.3) is 0 Å². The van der Waals surface area contributed by atoms with E-state index in [-0.39, 0.29) is 12.5 Å². The molecule has 5 nitrogen and oxygen atoms in total. The van der Waals surface area contributed by atoms with Crippen molar-refractivity contribution in [3.63, 3.8) is 0 Å². The molecule has 1 amide bonds. The number of rotatable bonds is 8. The smallest absolute Gasteiger partial charge is 0.243 e. The van der Waals surface area contributed by atoms with Crippen LogP contribution in [0.4, 0.5) is 5.69 Å². The average molecular weight is 372 g/mol. The lowest BCUT2D eigenvalue weighted by atomic mass is 10.2. The summed E-state index contributed by atoms with van der Waals surface area (Å²) in [6.45, 7) is 6.02. The van der Waals surface area contributed by atoms with E-state index >= 15 is 0 Å². The highest BCUT2D eigenvalue weighted by Gasteiger charge is 2.24. The number of hydrogen-bond acceptors (Lipinski definition) is 3. The van der Waals surface area contributed by atoms with Gasteiger partial charge in [0.15, 0.2) is 0 Å². The van der Waals surface area contributed by atoms with Crippen molar-refractivity contribution < 1.29 is 13.2 Å². The third kappa shape index (κ3) is 5.20. The lowest BCUT2D eigenvalue weighted by Gasteiger charge is -2.28. The predicted molar refractivity (Wildman–Crippen MR) is 105 cm³/mol. The monoisotopic (exact) mass is 372 g/mol. The molecule has 0 aliphatic carbocycles. The summed E-state index contributed by atoms with van der Waals surface area (Å²) in [5, 5.41) is 0. The zero-order valence-corrected chi connectivity index (χ0v) is 15.9. The molecule has 26 heavy (non-hydrogen) atoms. The molecule has 0 aromatic heterocycles. The fourth-order valence-corrected chi connectivity index (χ4v) is 3.57. The van der Waals surface area contributed by atoms with Crippen LogP contribution in [0, 0.1) is 6.92 Å². The van der Waals surface area contributed by atoms with Crippen molar-refractivity contribution in [1.82, 2.24) is 4.90 Å². The van der Waals surface area contributed by atoms with Crippen molar-refractivity contribution >= 4 is 21.6 Å². The van der Waals surface area contributed by atoms with Gasteiger partial charge in [-0.05, 0) is 24.1 Å². The highest BCUT2D eigenvalue weighted by atomic mass is 32.2. The van der Waals surface area contributed by atoms with Gasteiger partial charge in [-0.25, -0.2) is 8.42 Å². The maximum Gasteiger partial charge on any atom is 0.243 e. The summed E-state index contributed by atoms with van der Waals surface area (Å²) in [5.74, 6) is -0.276. The zero-order valence-electron chi connectivity index (χ0n) is 15.1. The highest BCUT2D eigenvalue weighted by Crippen LogP contribution is 2.22. The molecule has 0 radical (unpaired) electrons. The average Bonchev–Trinajstić information content (AvgIpc) is 2.60. The molecule has 0 N–H and O–H groups in total. The van der Waals surface area contributed by atoms with Crippen LogP contribution < -0.4 is 4.31 Å². The number of nitrogens with zero attached hydrogens (tertiary/aromatic N) is 2. The number of anilines is 1. The second-order valence-corrected chi connectivity index (χ2v) is 8.01. The molecule has 0 fully saturated rings. The van der Waals surface area contributed by atoms with Crippen LogP contribution in [0.1, 0.15) is 11.1 Å². The molecule has 2 aromatic rings. The molecule has 0 aliphatic heterocycles. The first-order valence-electron chi connectivity index (χ1n) is 8.29. The van der Waals surface area contributed by atoms with Crippen LogP contribution >= 0.6 is 0 Å².